The quantitative estimate of drug-likeness (QED) is 0.222. The molecule has 0 aromatic rings. The molecule has 0 aromatic heterocycles. The molecule has 11 heavy (non-hydrogen) atoms. The molecular formula is C7H12O4. The van der Waals surface area contributed by atoms with Crippen LogP contribution in [-0.2, 0) is 14.6 Å². The Morgan fingerprint density at radius 1 is 1.64 bits per heavy atom. The molecule has 0 saturated heterocycles. The molecule has 0 atom stereocenters. The van der Waals surface area contributed by atoms with Crippen molar-refractivity contribution in [2.24, 2.45) is 0 Å². The highest BCUT2D eigenvalue weighted by Crippen LogP contribution is 1.72. The average molecular weight is 160 g/mol. The summed E-state index contributed by atoms with van der Waals surface area (Å²) in [5.41, 5.74) is 0. The van der Waals surface area contributed by atoms with Crippen LogP contribution in [-0.4, -0.2) is 17.7 Å². The number of carboxylic acid groups (broad SMARTS) is 1. The minimum absolute atomic E-state index is 0.562. The largest absolute Gasteiger partial charge is 0.478 e. The van der Waals surface area contributed by atoms with Gasteiger partial charge in [-0.25, -0.2) is 4.79 Å². The Morgan fingerprint density at radius 2 is 2.09 bits per heavy atom. The first-order chi connectivity index (χ1) is 5.18. The second-order valence-corrected chi connectivity index (χ2v) is 1.21. The van der Waals surface area contributed by atoms with E-state index in [1.165, 1.54) is 6.26 Å². The van der Waals surface area contributed by atoms with Gasteiger partial charge in [0.2, 0.25) is 0 Å². The zero-order chi connectivity index (χ0) is 9.11. The van der Waals surface area contributed by atoms with E-state index in [-0.39, 0.29) is 0 Å². The van der Waals surface area contributed by atoms with E-state index in [1.807, 2.05) is 6.92 Å². The van der Waals surface area contributed by atoms with Crippen LogP contribution in [0.25, 0.3) is 0 Å². The number of carbonyl (C=O) groups is 1. The summed E-state index contributed by atoms with van der Waals surface area (Å²) < 4.78 is 0. The Bertz CT molecular complexity index is 120. The Labute approximate surface area is 65.7 Å². The Kier molecular flexibility index (Phi) is 13.0. The van der Waals surface area contributed by atoms with E-state index in [1.54, 1.807) is 0 Å². The van der Waals surface area contributed by atoms with E-state index >= 15 is 0 Å². The van der Waals surface area contributed by atoms with Crippen molar-refractivity contribution in [3.05, 3.63) is 25.5 Å². The average Bonchev–Trinajstić information content (AvgIpc) is 2.02. The molecule has 0 rings (SSSR count). The van der Waals surface area contributed by atoms with Gasteiger partial charge in [-0.1, -0.05) is 13.2 Å². The van der Waals surface area contributed by atoms with Crippen molar-refractivity contribution in [2.75, 3.05) is 6.61 Å². The lowest BCUT2D eigenvalue weighted by atomic mass is 10.7. The minimum atomic E-state index is -0.981. The van der Waals surface area contributed by atoms with Crippen LogP contribution in [0.15, 0.2) is 25.5 Å². The van der Waals surface area contributed by atoms with E-state index in [2.05, 4.69) is 22.9 Å². The lowest BCUT2D eigenvalue weighted by Crippen LogP contribution is -1.82. The van der Waals surface area contributed by atoms with Crippen LogP contribution >= 0.6 is 0 Å². The molecule has 0 heterocycles. The van der Waals surface area contributed by atoms with Crippen molar-refractivity contribution in [3.8, 4) is 0 Å². The summed E-state index contributed by atoms with van der Waals surface area (Å²) in [5, 5.41) is 7.60. The van der Waals surface area contributed by atoms with Crippen molar-refractivity contribution >= 4 is 5.97 Å². The number of hydrogen-bond donors (Lipinski definition) is 1. The summed E-state index contributed by atoms with van der Waals surface area (Å²) in [6, 6.07) is 0. The first-order valence-corrected chi connectivity index (χ1v) is 2.93. The minimum Gasteiger partial charge on any atom is -0.478 e. The SMILES string of the molecule is C=CC(=O)O.C=COOCC. The number of hydrogen-bond acceptors (Lipinski definition) is 3. The van der Waals surface area contributed by atoms with Crippen LogP contribution in [0.1, 0.15) is 6.92 Å². The van der Waals surface area contributed by atoms with Crippen LogP contribution < -0.4 is 0 Å². The summed E-state index contributed by atoms with van der Waals surface area (Å²) >= 11 is 0. The first kappa shape index (κ1) is 12.4. The fourth-order valence-electron chi connectivity index (χ4n) is 0.116. The zero-order valence-corrected chi connectivity index (χ0v) is 6.45. The smallest absolute Gasteiger partial charge is 0.327 e. The van der Waals surface area contributed by atoms with Crippen LogP contribution in [0.4, 0.5) is 0 Å². The van der Waals surface area contributed by atoms with Crippen LogP contribution in [0, 0.1) is 0 Å². The lowest BCUT2D eigenvalue weighted by Gasteiger charge is -1.90. The highest BCUT2D eigenvalue weighted by Gasteiger charge is 1.73. The van der Waals surface area contributed by atoms with Gasteiger partial charge in [-0.3, -0.25) is 0 Å². The Hall–Kier alpha value is -1.29. The van der Waals surface area contributed by atoms with Gasteiger partial charge in [0.05, 0.1) is 6.61 Å². The maximum absolute atomic E-state index is 9.25. The highest BCUT2D eigenvalue weighted by molar-refractivity contribution is 5.78. The number of carboxylic acids is 1. The van der Waals surface area contributed by atoms with Crippen molar-refractivity contribution in [1.29, 1.82) is 0 Å². The van der Waals surface area contributed by atoms with Crippen molar-refractivity contribution in [3.63, 3.8) is 0 Å². The molecule has 0 aliphatic heterocycles. The fourth-order valence-corrected chi connectivity index (χ4v) is 0.116. The van der Waals surface area contributed by atoms with Gasteiger partial charge in [-0.05, 0) is 6.92 Å². The Morgan fingerprint density at radius 3 is 2.18 bits per heavy atom. The van der Waals surface area contributed by atoms with Crippen LogP contribution in [0.3, 0.4) is 0 Å². The second kappa shape index (κ2) is 11.5. The first-order valence-electron chi connectivity index (χ1n) is 2.93. The molecule has 0 saturated carbocycles. The van der Waals surface area contributed by atoms with E-state index in [9.17, 15) is 4.79 Å². The molecule has 0 radical (unpaired) electrons. The predicted octanol–water partition coefficient (Wildman–Crippen LogP) is 1.35. The van der Waals surface area contributed by atoms with Gasteiger partial charge in [0, 0.05) is 6.08 Å². The van der Waals surface area contributed by atoms with Gasteiger partial charge in [0.15, 0.2) is 0 Å². The van der Waals surface area contributed by atoms with Crippen LogP contribution in [0.2, 0.25) is 0 Å². The number of rotatable bonds is 4. The lowest BCUT2D eigenvalue weighted by molar-refractivity contribution is -0.244. The molecule has 0 amide bonds. The molecular weight excluding hydrogens is 148 g/mol. The van der Waals surface area contributed by atoms with E-state index < -0.39 is 5.97 Å². The highest BCUT2D eigenvalue weighted by atomic mass is 17.2. The summed E-state index contributed by atoms with van der Waals surface area (Å²) in [4.78, 5) is 17.9. The van der Waals surface area contributed by atoms with Gasteiger partial charge in [-0.15, -0.1) is 0 Å². The molecule has 0 aliphatic rings. The topological polar surface area (TPSA) is 55.8 Å². The molecule has 4 heteroatoms. The van der Waals surface area contributed by atoms with Crippen molar-refractivity contribution < 1.29 is 19.7 Å². The summed E-state index contributed by atoms with van der Waals surface area (Å²) in [6.45, 7) is 8.61. The third-order valence-electron chi connectivity index (χ3n) is 0.429. The van der Waals surface area contributed by atoms with E-state index in [0.29, 0.717) is 6.61 Å². The Balaban J connectivity index is 0. The molecule has 1 N–H and O–H groups in total. The van der Waals surface area contributed by atoms with Crippen molar-refractivity contribution in [1.82, 2.24) is 0 Å². The molecule has 0 fully saturated rings. The monoisotopic (exact) mass is 160 g/mol. The molecule has 0 unspecified atom stereocenters. The predicted molar refractivity (Wildman–Crippen MR) is 40.7 cm³/mol. The maximum atomic E-state index is 9.25. The molecule has 64 valence electrons. The third-order valence-corrected chi connectivity index (χ3v) is 0.429. The summed E-state index contributed by atoms with van der Waals surface area (Å²) in [7, 11) is 0. The second-order valence-electron chi connectivity index (χ2n) is 1.21. The molecule has 0 bridgehead atoms. The molecule has 0 aliphatic carbocycles. The summed E-state index contributed by atoms with van der Waals surface area (Å²) in [6.07, 6.45) is 2.07. The van der Waals surface area contributed by atoms with Crippen LogP contribution in [0.5, 0.6) is 0 Å². The standard InChI is InChI=1S/C4H8O2.C3H4O2/c1-3-5-6-4-2;1-2-3(4)5/h3H,1,4H2,2H3;2H,1H2,(H,4,5). The number of aliphatic carboxylic acids is 1. The van der Waals surface area contributed by atoms with Gasteiger partial charge in [0.25, 0.3) is 0 Å². The van der Waals surface area contributed by atoms with Gasteiger partial charge in [0.1, 0.15) is 6.26 Å². The molecule has 0 spiro atoms. The van der Waals surface area contributed by atoms with E-state index in [0.717, 1.165) is 6.08 Å². The maximum Gasteiger partial charge on any atom is 0.327 e. The van der Waals surface area contributed by atoms with E-state index in [4.69, 9.17) is 5.11 Å². The normalized spacial score (nSPS) is 7.00. The molecule has 4 nitrogen and oxygen atoms in total. The van der Waals surface area contributed by atoms with Gasteiger partial charge < -0.3 is 9.99 Å². The van der Waals surface area contributed by atoms with Gasteiger partial charge >= 0.3 is 5.97 Å². The molecule has 0 aromatic carbocycles. The van der Waals surface area contributed by atoms with Crippen molar-refractivity contribution in [2.45, 2.75) is 6.92 Å². The fraction of sp³-hybridized carbons (Fsp3) is 0.286. The third kappa shape index (κ3) is 28.5. The van der Waals surface area contributed by atoms with Gasteiger partial charge in [-0.2, -0.15) is 4.89 Å². The summed E-state index contributed by atoms with van der Waals surface area (Å²) in [5.74, 6) is -0.981. The zero-order valence-electron chi connectivity index (χ0n) is 6.45.